The van der Waals surface area contributed by atoms with Crippen molar-refractivity contribution in [2.45, 2.75) is 33.3 Å². The van der Waals surface area contributed by atoms with Crippen LogP contribution in [0.1, 0.15) is 31.0 Å². The predicted octanol–water partition coefficient (Wildman–Crippen LogP) is 4.13. The zero-order valence-corrected chi connectivity index (χ0v) is 13.6. The minimum atomic E-state index is -0.260. The van der Waals surface area contributed by atoms with E-state index in [0.717, 1.165) is 16.3 Å². The smallest absolute Gasteiger partial charge is 0.303 e. The van der Waals surface area contributed by atoms with Crippen molar-refractivity contribution in [3.8, 4) is 0 Å². The van der Waals surface area contributed by atoms with Crippen LogP contribution in [0.25, 0.3) is 6.08 Å². The molecule has 1 rings (SSSR count). The Balaban J connectivity index is 2.82. The third-order valence-corrected chi connectivity index (χ3v) is 3.57. The summed E-state index contributed by atoms with van der Waals surface area (Å²) in [5, 5.41) is 3.03. The van der Waals surface area contributed by atoms with Gasteiger partial charge in [-0.25, -0.2) is 4.98 Å². The van der Waals surface area contributed by atoms with E-state index < -0.39 is 0 Å². The topological polar surface area (TPSA) is 39.2 Å². The summed E-state index contributed by atoms with van der Waals surface area (Å²) in [6.45, 7) is 5.37. The average molecular weight is 377 g/mol. The van der Waals surface area contributed by atoms with Gasteiger partial charge < -0.3 is 4.74 Å². The molecule has 3 nitrogen and oxygen atoms in total. The lowest BCUT2D eigenvalue weighted by Gasteiger charge is -2.15. The van der Waals surface area contributed by atoms with Crippen LogP contribution in [-0.2, 0) is 9.53 Å². The number of halogens is 1. The molecule has 1 aromatic rings. The van der Waals surface area contributed by atoms with E-state index in [9.17, 15) is 4.79 Å². The van der Waals surface area contributed by atoms with E-state index in [1.807, 2.05) is 35.5 Å². The van der Waals surface area contributed by atoms with Crippen molar-refractivity contribution in [2.24, 2.45) is 0 Å². The summed E-state index contributed by atoms with van der Waals surface area (Å²) in [4.78, 5) is 15.5. The van der Waals surface area contributed by atoms with Gasteiger partial charge in [0, 0.05) is 18.7 Å². The number of thiazole rings is 1. The molecule has 1 heterocycles. The Morgan fingerprint density at radius 3 is 2.83 bits per heavy atom. The molecule has 0 aliphatic carbocycles. The third kappa shape index (κ3) is 5.30. The molecule has 0 unspecified atom stereocenters. The second-order valence-corrected chi connectivity index (χ2v) is 5.66. The van der Waals surface area contributed by atoms with Gasteiger partial charge in [0.2, 0.25) is 0 Å². The first-order valence-corrected chi connectivity index (χ1v) is 7.68. The Morgan fingerprint density at radius 2 is 2.33 bits per heavy atom. The number of esters is 1. The molecule has 0 bridgehead atoms. The largest absolute Gasteiger partial charge is 0.458 e. The minimum Gasteiger partial charge on any atom is -0.458 e. The van der Waals surface area contributed by atoms with Crippen molar-refractivity contribution in [3.05, 3.63) is 31.8 Å². The molecule has 0 amide bonds. The Labute approximate surface area is 125 Å². The van der Waals surface area contributed by atoms with Gasteiger partial charge in [0.1, 0.15) is 6.10 Å². The molecule has 1 aromatic heterocycles. The molecule has 0 radical (unpaired) electrons. The lowest BCUT2D eigenvalue weighted by molar-refractivity contribution is -0.144. The fraction of sp³-hybridized carbons (Fsp3) is 0.385. The number of hydrogen-bond acceptors (Lipinski definition) is 4. The number of ether oxygens (including phenoxy) is 1. The Kier molecular flexibility index (Phi) is 6.56. The Bertz CT molecular complexity index is 465. The molecule has 0 aliphatic heterocycles. The second-order valence-electron chi connectivity index (χ2n) is 3.88. The molecular weight excluding hydrogens is 361 g/mol. The molecule has 0 spiro atoms. The van der Waals surface area contributed by atoms with E-state index in [1.54, 1.807) is 11.3 Å². The van der Waals surface area contributed by atoms with Crippen LogP contribution in [0.5, 0.6) is 0 Å². The normalized spacial score (nSPS) is 13.9. The SMILES string of the molecule is CC(=O)O[C@@H](C/C=C\I)/C(C)=C/c1csc(C)n1. The van der Waals surface area contributed by atoms with Gasteiger partial charge in [-0.05, 0) is 29.6 Å². The number of aromatic nitrogens is 1. The van der Waals surface area contributed by atoms with Crippen molar-refractivity contribution in [1.29, 1.82) is 0 Å². The fourth-order valence-corrected chi connectivity index (χ4v) is 2.34. The molecule has 18 heavy (non-hydrogen) atoms. The molecule has 0 fully saturated rings. The summed E-state index contributed by atoms with van der Waals surface area (Å²) < 4.78 is 7.23. The van der Waals surface area contributed by atoms with Crippen LogP contribution in [0.15, 0.2) is 21.1 Å². The maximum atomic E-state index is 11.1. The zero-order valence-electron chi connectivity index (χ0n) is 10.6. The summed E-state index contributed by atoms with van der Waals surface area (Å²) in [6.07, 6.45) is 4.43. The van der Waals surface area contributed by atoms with Gasteiger partial charge in [-0.15, -0.1) is 11.3 Å². The highest BCUT2D eigenvalue weighted by molar-refractivity contribution is 14.1. The van der Waals surface area contributed by atoms with E-state index >= 15 is 0 Å². The minimum absolute atomic E-state index is 0.212. The van der Waals surface area contributed by atoms with Crippen molar-refractivity contribution < 1.29 is 9.53 Å². The first-order valence-electron chi connectivity index (χ1n) is 5.55. The highest BCUT2D eigenvalue weighted by atomic mass is 127. The van der Waals surface area contributed by atoms with E-state index in [-0.39, 0.29) is 12.1 Å². The van der Waals surface area contributed by atoms with Crippen LogP contribution in [0.4, 0.5) is 0 Å². The van der Waals surface area contributed by atoms with Gasteiger partial charge in [-0.1, -0.05) is 28.7 Å². The fourth-order valence-electron chi connectivity index (χ4n) is 1.47. The van der Waals surface area contributed by atoms with E-state index in [4.69, 9.17) is 4.74 Å². The van der Waals surface area contributed by atoms with Crippen LogP contribution in [0.3, 0.4) is 0 Å². The van der Waals surface area contributed by atoms with Gasteiger partial charge in [0.15, 0.2) is 0 Å². The van der Waals surface area contributed by atoms with Crippen LogP contribution < -0.4 is 0 Å². The Hall–Kier alpha value is -0.690. The first kappa shape index (κ1) is 15.4. The zero-order chi connectivity index (χ0) is 13.5. The highest BCUT2D eigenvalue weighted by Crippen LogP contribution is 2.17. The number of aryl methyl sites for hydroxylation is 1. The van der Waals surface area contributed by atoms with Crippen LogP contribution >= 0.6 is 33.9 Å². The van der Waals surface area contributed by atoms with Crippen LogP contribution in [-0.4, -0.2) is 17.1 Å². The Morgan fingerprint density at radius 1 is 1.61 bits per heavy atom. The van der Waals surface area contributed by atoms with E-state index in [2.05, 4.69) is 27.6 Å². The monoisotopic (exact) mass is 377 g/mol. The predicted molar refractivity (Wildman–Crippen MR) is 83.8 cm³/mol. The van der Waals surface area contributed by atoms with Gasteiger partial charge in [-0.3, -0.25) is 4.79 Å². The standard InChI is InChI=1S/C13H16INO2S/c1-9(7-12-8-18-10(2)15-12)13(5-4-6-14)17-11(3)16/h4,6-8,13H,5H2,1-3H3/b6-4-,9-7+/t13-/m0/s1. The number of rotatable bonds is 5. The summed E-state index contributed by atoms with van der Waals surface area (Å²) in [6, 6.07) is 0. The molecular formula is C13H16INO2S. The molecule has 0 aromatic carbocycles. The summed E-state index contributed by atoms with van der Waals surface area (Å²) >= 11 is 3.76. The number of carbonyl (C=O) groups is 1. The van der Waals surface area contributed by atoms with Crippen molar-refractivity contribution in [3.63, 3.8) is 0 Å². The van der Waals surface area contributed by atoms with Crippen molar-refractivity contribution >= 4 is 46.0 Å². The maximum Gasteiger partial charge on any atom is 0.303 e. The quantitative estimate of drug-likeness (QED) is 0.572. The number of hydrogen-bond donors (Lipinski definition) is 0. The molecule has 0 N–H and O–H groups in total. The van der Waals surface area contributed by atoms with E-state index in [1.165, 1.54) is 6.92 Å². The summed E-state index contributed by atoms with van der Waals surface area (Å²) in [7, 11) is 0. The highest BCUT2D eigenvalue weighted by Gasteiger charge is 2.13. The molecule has 0 aliphatic rings. The van der Waals surface area contributed by atoms with Gasteiger partial charge in [-0.2, -0.15) is 0 Å². The third-order valence-electron chi connectivity index (χ3n) is 2.27. The lowest BCUT2D eigenvalue weighted by atomic mass is 10.1. The molecule has 98 valence electrons. The molecule has 5 heteroatoms. The molecule has 0 saturated carbocycles. The molecule has 0 saturated heterocycles. The van der Waals surface area contributed by atoms with Gasteiger partial charge in [0.05, 0.1) is 10.7 Å². The number of carbonyl (C=O) groups excluding carboxylic acids is 1. The molecule has 1 atom stereocenters. The second kappa shape index (κ2) is 7.68. The number of nitrogens with zero attached hydrogens (tertiary/aromatic N) is 1. The van der Waals surface area contributed by atoms with Crippen LogP contribution in [0, 0.1) is 6.92 Å². The van der Waals surface area contributed by atoms with Crippen molar-refractivity contribution in [1.82, 2.24) is 4.98 Å². The first-order chi connectivity index (χ1) is 8.52. The average Bonchev–Trinajstić information content (AvgIpc) is 2.69. The maximum absolute atomic E-state index is 11.1. The van der Waals surface area contributed by atoms with Crippen molar-refractivity contribution in [2.75, 3.05) is 0 Å². The van der Waals surface area contributed by atoms with Gasteiger partial charge in [0.25, 0.3) is 0 Å². The van der Waals surface area contributed by atoms with E-state index in [0.29, 0.717) is 6.42 Å². The van der Waals surface area contributed by atoms with Gasteiger partial charge >= 0.3 is 5.97 Å². The lowest BCUT2D eigenvalue weighted by Crippen LogP contribution is -2.16. The summed E-state index contributed by atoms with van der Waals surface area (Å²) in [5.74, 6) is -0.260. The van der Waals surface area contributed by atoms with Crippen LogP contribution in [0.2, 0.25) is 0 Å². The summed E-state index contributed by atoms with van der Waals surface area (Å²) in [5.41, 5.74) is 1.93.